The molecule has 2 aromatic carbocycles. The third-order valence-corrected chi connectivity index (χ3v) is 5.35. The van der Waals surface area contributed by atoms with E-state index in [1.54, 1.807) is 6.07 Å². The quantitative estimate of drug-likeness (QED) is 0.720. The van der Waals surface area contributed by atoms with E-state index in [1.165, 1.54) is 6.07 Å². The second kappa shape index (κ2) is 9.75. The van der Waals surface area contributed by atoms with Crippen molar-refractivity contribution in [1.29, 1.82) is 0 Å². The average molecular weight is 418 g/mol. The molecule has 0 spiro atoms. The third-order valence-electron chi connectivity index (χ3n) is 5.35. The molecule has 0 radical (unpaired) electrons. The summed E-state index contributed by atoms with van der Waals surface area (Å²) in [5.74, 6) is 0.442. The van der Waals surface area contributed by atoms with Crippen LogP contribution in [0.1, 0.15) is 30.4 Å². The number of para-hydroxylation sites is 1. The first kappa shape index (κ1) is 21.1. The van der Waals surface area contributed by atoms with Gasteiger partial charge in [-0.3, -0.25) is 0 Å². The monoisotopic (exact) mass is 418 g/mol. The molecule has 4 rings (SSSR count). The van der Waals surface area contributed by atoms with Crippen LogP contribution in [0.5, 0.6) is 11.5 Å². The van der Waals surface area contributed by atoms with Crippen LogP contribution in [0.4, 0.5) is 4.39 Å². The number of rotatable bonds is 7. The molecule has 0 aromatic heterocycles. The highest BCUT2D eigenvalue weighted by Crippen LogP contribution is 2.29. The van der Waals surface area contributed by atoms with Crippen LogP contribution in [-0.4, -0.2) is 54.6 Å². The average Bonchev–Trinajstić information content (AvgIpc) is 3.24. The van der Waals surface area contributed by atoms with Gasteiger partial charge in [0.25, 0.3) is 0 Å². The Morgan fingerprint density at radius 2 is 1.93 bits per heavy atom. The smallest absolute Gasteiger partial charge is 0.202 e. The van der Waals surface area contributed by atoms with Gasteiger partial charge < -0.3 is 29.2 Å². The van der Waals surface area contributed by atoms with Crippen molar-refractivity contribution in [3.05, 3.63) is 59.4 Å². The maximum absolute atomic E-state index is 14.5. The fraction of sp³-hybridized carbons (Fsp3) is 0.478. The minimum atomic E-state index is -0.645. The van der Waals surface area contributed by atoms with Gasteiger partial charge in [-0.2, -0.15) is 0 Å². The molecule has 0 bridgehead atoms. The topological polar surface area (TPSA) is 77.4 Å². The summed E-state index contributed by atoms with van der Waals surface area (Å²) in [5.41, 5.74) is 1.66. The van der Waals surface area contributed by atoms with Gasteiger partial charge in [-0.15, -0.1) is 0 Å². The molecule has 2 N–H and O–H groups in total. The van der Waals surface area contributed by atoms with Crippen LogP contribution in [0, 0.1) is 5.82 Å². The lowest BCUT2D eigenvalue weighted by Gasteiger charge is -2.32. The van der Waals surface area contributed by atoms with Crippen molar-refractivity contribution in [2.75, 3.05) is 19.8 Å². The van der Waals surface area contributed by atoms with Gasteiger partial charge in [0.2, 0.25) is 6.29 Å². The van der Waals surface area contributed by atoms with Crippen LogP contribution in [0.2, 0.25) is 0 Å². The normalized spacial score (nSPS) is 26.5. The van der Waals surface area contributed by atoms with E-state index in [9.17, 15) is 14.6 Å². The molecule has 2 heterocycles. The van der Waals surface area contributed by atoms with Crippen LogP contribution < -0.4 is 9.47 Å². The molecule has 0 amide bonds. The molecule has 2 saturated heterocycles. The molecule has 0 saturated carbocycles. The third kappa shape index (κ3) is 5.29. The van der Waals surface area contributed by atoms with E-state index in [4.69, 9.17) is 18.9 Å². The summed E-state index contributed by atoms with van der Waals surface area (Å²) in [4.78, 5) is 0. The van der Waals surface area contributed by atoms with Gasteiger partial charge in [0.1, 0.15) is 11.9 Å². The lowest BCUT2D eigenvalue weighted by molar-refractivity contribution is -0.184. The molecule has 7 heteroatoms. The molecule has 162 valence electrons. The van der Waals surface area contributed by atoms with Gasteiger partial charge in [-0.1, -0.05) is 24.3 Å². The SMILES string of the molecule is OCC1CC(O)CC(Oc2ccccc2Cc2ccc(OC3CCOC3)c(F)c2)O1. The lowest BCUT2D eigenvalue weighted by atomic mass is 10.0. The summed E-state index contributed by atoms with van der Waals surface area (Å²) < 4.78 is 37.2. The van der Waals surface area contributed by atoms with Crippen molar-refractivity contribution < 1.29 is 33.6 Å². The van der Waals surface area contributed by atoms with Crippen LogP contribution in [0.15, 0.2) is 42.5 Å². The number of aliphatic hydroxyl groups excluding tert-OH is 2. The van der Waals surface area contributed by atoms with Crippen molar-refractivity contribution in [2.24, 2.45) is 0 Å². The zero-order chi connectivity index (χ0) is 20.9. The fourth-order valence-electron chi connectivity index (χ4n) is 3.80. The van der Waals surface area contributed by atoms with Gasteiger partial charge in [-0.05, 0) is 29.3 Å². The Hall–Kier alpha value is -2.19. The first-order valence-electron chi connectivity index (χ1n) is 10.3. The molecular weight excluding hydrogens is 391 g/mol. The van der Waals surface area contributed by atoms with Crippen LogP contribution in [-0.2, 0) is 15.9 Å². The second-order valence-electron chi connectivity index (χ2n) is 7.77. The fourth-order valence-corrected chi connectivity index (χ4v) is 3.80. The predicted molar refractivity (Wildman–Crippen MR) is 107 cm³/mol. The van der Waals surface area contributed by atoms with Crippen molar-refractivity contribution in [2.45, 2.75) is 50.3 Å². The van der Waals surface area contributed by atoms with Crippen LogP contribution in [0.3, 0.4) is 0 Å². The molecule has 6 nitrogen and oxygen atoms in total. The van der Waals surface area contributed by atoms with Gasteiger partial charge in [0.15, 0.2) is 11.6 Å². The number of ether oxygens (including phenoxy) is 4. The van der Waals surface area contributed by atoms with Gasteiger partial charge >= 0.3 is 0 Å². The Balaban J connectivity index is 1.44. The predicted octanol–water partition coefficient (Wildman–Crippen LogP) is 2.82. The summed E-state index contributed by atoms with van der Waals surface area (Å²) in [6.07, 6.45) is 0.174. The Labute approximate surface area is 175 Å². The van der Waals surface area contributed by atoms with Crippen LogP contribution >= 0.6 is 0 Å². The molecule has 4 unspecified atom stereocenters. The Kier molecular flexibility index (Phi) is 6.84. The van der Waals surface area contributed by atoms with E-state index in [1.807, 2.05) is 30.3 Å². The molecule has 2 aliphatic rings. The number of aliphatic hydroxyl groups is 2. The maximum Gasteiger partial charge on any atom is 0.202 e. The summed E-state index contributed by atoms with van der Waals surface area (Å²) >= 11 is 0. The highest BCUT2D eigenvalue weighted by atomic mass is 19.1. The van der Waals surface area contributed by atoms with Crippen LogP contribution in [0.25, 0.3) is 0 Å². The van der Waals surface area contributed by atoms with Crippen molar-refractivity contribution in [3.63, 3.8) is 0 Å². The van der Waals surface area contributed by atoms with Gasteiger partial charge in [-0.25, -0.2) is 4.39 Å². The summed E-state index contributed by atoms with van der Waals surface area (Å²) in [6.45, 7) is 0.960. The Morgan fingerprint density at radius 3 is 2.70 bits per heavy atom. The number of halogens is 1. The number of hydrogen-bond acceptors (Lipinski definition) is 6. The lowest BCUT2D eigenvalue weighted by Crippen LogP contribution is -2.40. The minimum Gasteiger partial charge on any atom is -0.485 e. The van der Waals surface area contributed by atoms with E-state index < -0.39 is 24.3 Å². The Morgan fingerprint density at radius 1 is 1.07 bits per heavy atom. The van der Waals surface area contributed by atoms with Gasteiger partial charge in [0.05, 0.1) is 32.0 Å². The molecule has 2 aromatic rings. The molecule has 30 heavy (non-hydrogen) atoms. The first-order valence-corrected chi connectivity index (χ1v) is 10.3. The Bertz CT molecular complexity index is 838. The molecule has 0 aliphatic carbocycles. The number of benzene rings is 2. The summed E-state index contributed by atoms with van der Waals surface area (Å²) in [7, 11) is 0. The zero-order valence-electron chi connectivity index (χ0n) is 16.7. The van der Waals surface area contributed by atoms with Crippen molar-refractivity contribution >= 4 is 0 Å². The van der Waals surface area contributed by atoms with Crippen molar-refractivity contribution in [1.82, 2.24) is 0 Å². The van der Waals surface area contributed by atoms with E-state index >= 15 is 0 Å². The second-order valence-corrected chi connectivity index (χ2v) is 7.77. The highest BCUT2D eigenvalue weighted by Gasteiger charge is 2.29. The van der Waals surface area contributed by atoms with E-state index in [0.717, 1.165) is 17.5 Å². The van der Waals surface area contributed by atoms with E-state index in [0.29, 0.717) is 38.2 Å². The minimum absolute atomic E-state index is 0.104. The van der Waals surface area contributed by atoms with E-state index in [-0.39, 0.29) is 18.5 Å². The first-order chi connectivity index (χ1) is 14.6. The number of hydrogen-bond donors (Lipinski definition) is 2. The standard InChI is InChI=1S/C23H27FO6/c24-20-10-15(5-6-22(20)28-18-7-8-27-14-18)9-16-3-1-2-4-21(16)30-23-12-17(26)11-19(13-25)29-23/h1-6,10,17-19,23,25-26H,7-9,11-14H2. The summed E-state index contributed by atoms with van der Waals surface area (Å²) in [5, 5.41) is 19.3. The molecule has 2 fully saturated rings. The zero-order valence-corrected chi connectivity index (χ0v) is 16.7. The highest BCUT2D eigenvalue weighted by molar-refractivity contribution is 5.39. The van der Waals surface area contributed by atoms with Crippen molar-refractivity contribution in [3.8, 4) is 11.5 Å². The summed E-state index contributed by atoms with van der Waals surface area (Å²) in [6, 6.07) is 12.4. The molecule has 4 atom stereocenters. The molecular formula is C23H27FO6. The van der Waals surface area contributed by atoms with E-state index in [2.05, 4.69) is 0 Å². The largest absolute Gasteiger partial charge is 0.485 e. The van der Waals surface area contributed by atoms with Gasteiger partial charge in [0, 0.05) is 25.7 Å². The molecule has 2 aliphatic heterocycles. The maximum atomic E-state index is 14.5.